The van der Waals surface area contributed by atoms with Crippen LogP contribution < -0.4 is 19.8 Å². The van der Waals surface area contributed by atoms with Crippen molar-refractivity contribution in [1.29, 1.82) is 0 Å². The molecule has 0 unspecified atom stereocenters. The molecule has 0 fully saturated rings. The first-order valence-corrected chi connectivity index (χ1v) is 10.3. The molecule has 0 amide bonds. The van der Waals surface area contributed by atoms with Crippen molar-refractivity contribution in [3.05, 3.63) is 45.1 Å². The molecule has 2 aliphatic heterocycles. The van der Waals surface area contributed by atoms with Crippen LogP contribution in [0.3, 0.4) is 0 Å². The molecule has 3 heterocycles. The van der Waals surface area contributed by atoms with Crippen LogP contribution in [0.2, 0.25) is 0 Å². The van der Waals surface area contributed by atoms with E-state index in [1.807, 2.05) is 12.1 Å². The Balaban J connectivity index is 1.57. The number of aromatic amines is 1. The van der Waals surface area contributed by atoms with Gasteiger partial charge in [-0.25, -0.2) is 4.98 Å². The van der Waals surface area contributed by atoms with Gasteiger partial charge in [-0.2, -0.15) is 0 Å². The van der Waals surface area contributed by atoms with E-state index in [1.165, 1.54) is 0 Å². The number of hydrogen-bond acceptors (Lipinski definition) is 7. The van der Waals surface area contributed by atoms with Crippen molar-refractivity contribution in [1.82, 2.24) is 14.9 Å². The second-order valence-electron chi connectivity index (χ2n) is 7.58. The Bertz CT molecular complexity index is 1010. The number of H-pyrrole nitrogens is 1. The maximum Gasteiger partial charge on any atom is 0.255 e. The third kappa shape index (κ3) is 3.92. The summed E-state index contributed by atoms with van der Waals surface area (Å²) in [4.78, 5) is 27.3. The maximum atomic E-state index is 12.8. The highest BCUT2D eigenvalue weighted by Gasteiger charge is 2.24. The lowest BCUT2D eigenvalue weighted by atomic mass is 10.0. The van der Waals surface area contributed by atoms with Crippen LogP contribution in [-0.4, -0.2) is 55.0 Å². The second-order valence-corrected chi connectivity index (χ2v) is 7.58. The van der Waals surface area contributed by atoms with Crippen molar-refractivity contribution < 1.29 is 14.2 Å². The van der Waals surface area contributed by atoms with Crippen LogP contribution in [-0.2, 0) is 19.5 Å². The minimum atomic E-state index is -0.0627. The maximum absolute atomic E-state index is 12.8. The van der Waals surface area contributed by atoms with Crippen LogP contribution in [0.15, 0.2) is 21.9 Å². The zero-order valence-corrected chi connectivity index (χ0v) is 17.8. The molecule has 0 spiro atoms. The first-order chi connectivity index (χ1) is 14.6. The lowest BCUT2D eigenvalue weighted by Crippen LogP contribution is -2.36. The summed E-state index contributed by atoms with van der Waals surface area (Å²) < 4.78 is 16.5. The van der Waals surface area contributed by atoms with E-state index in [1.54, 1.807) is 21.3 Å². The lowest BCUT2D eigenvalue weighted by Gasteiger charge is -2.28. The van der Waals surface area contributed by atoms with E-state index in [0.29, 0.717) is 36.2 Å². The van der Waals surface area contributed by atoms with Gasteiger partial charge >= 0.3 is 0 Å². The molecule has 160 valence electrons. The van der Waals surface area contributed by atoms with Gasteiger partial charge in [-0.05, 0) is 25.3 Å². The van der Waals surface area contributed by atoms with Crippen molar-refractivity contribution in [2.45, 2.75) is 38.8 Å². The summed E-state index contributed by atoms with van der Waals surface area (Å²) in [6.07, 6.45) is 3.82. The van der Waals surface area contributed by atoms with Gasteiger partial charge in [0.1, 0.15) is 0 Å². The summed E-state index contributed by atoms with van der Waals surface area (Å²) in [6.45, 7) is 2.81. The highest BCUT2D eigenvalue weighted by atomic mass is 16.5. The molecule has 1 aromatic heterocycles. The highest BCUT2D eigenvalue weighted by Crippen LogP contribution is 2.40. The Morgan fingerprint density at radius 2 is 1.90 bits per heavy atom. The van der Waals surface area contributed by atoms with Crippen molar-refractivity contribution in [2.75, 3.05) is 34.4 Å². The average Bonchev–Trinajstić information content (AvgIpc) is 2.79. The topological polar surface area (TPSA) is 89.0 Å². The quantitative estimate of drug-likeness (QED) is 0.783. The van der Waals surface area contributed by atoms with Crippen molar-refractivity contribution in [3.63, 3.8) is 0 Å². The summed E-state index contributed by atoms with van der Waals surface area (Å²) in [5.74, 6) is 2.50. The Morgan fingerprint density at radius 1 is 1.07 bits per heavy atom. The second kappa shape index (κ2) is 8.87. The van der Waals surface area contributed by atoms with Gasteiger partial charge in [0.2, 0.25) is 5.75 Å². The summed E-state index contributed by atoms with van der Waals surface area (Å²) in [5.41, 5.74) is 3.47. The molecule has 0 bridgehead atoms. The van der Waals surface area contributed by atoms with Crippen LogP contribution in [0.5, 0.6) is 17.2 Å². The summed E-state index contributed by atoms with van der Waals surface area (Å²) in [5, 5.41) is 0. The molecule has 2 aromatic rings. The van der Waals surface area contributed by atoms with Crippen LogP contribution in [0.1, 0.15) is 41.9 Å². The van der Waals surface area contributed by atoms with Gasteiger partial charge in [0, 0.05) is 38.2 Å². The molecule has 1 N–H and O–H groups in total. The Kier molecular flexibility index (Phi) is 6.03. The molecule has 0 saturated carbocycles. The minimum Gasteiger partial charge on any atom is -0.493 e. The molecule has 4 rings (SSSR count). The average molecular weight is 412 g/mol. The van der Waals surface area contributed by atoms with E-state index in [2.05, 4.69) is 14.9 Å². The smallest absolute Gasteiger partial charge is 0.255 e. The molecule has 8 heteroatoms. The molecule has 0 aliphatic carbocycles. The lowest BCUT2D eigenvalue weighted by molar-refractivity contribution is 0.236. The van der Waals surface area contributed by atoms with Gasteiger partial charge < -0.3 is 19.2 Å². The van der Waals surface area contributed by atoms with E-state index in [0.717, 1.165) is 61.3 Å². The number of nitrogens with one attached hydrogen (secondary N) is 1. The fourth-order valence-electron chi connectivity index (χ4n) is 4.17. The third-order valence-corrected chi connectivity index (χ3v) is 5.73. The molecule has 0 atom stereocenters. The van der Waals surface area contributed by atoms with Crippen molar-refractivity contribution in [2.24, 2.45) is 4.99 Å². The number of methoxy groups -OCH3 is 3. The van der Waals surface area contributed by atoms with Crippen LogP contribution in [0, 0.1) is 0 Å². The van der Waals surface area contributed by atoms with E-state index in [9.17, 15) is 4.79 Å². The first-order valence-electron chi connectivity index (χ1n) is 10.3. The molecule has 1 aromatic carbocycles. The number of ether oxygens (including phenoxy) is 3. The van der Waals surface area contributed by atoms with Gasteiger partial charge in [0.05, 0.1) is 38.3 Å². The predicted molar refractivity (Wildman–Crippen MR) is 114 cm³/mol. The predicted octanol–water partition coefficient (Wildman–Crippen LogP) is 2.33. The van der Waals surface area contributed by atoms with E-state index in [-0.39, 0.29) is 5.56 Å². The Hall–Kier alpha value is -2.87. The number of aliphatic imine (C=N–C) groups is 1. The molecule has 0 radical (unpaired) electrons. The summed E-state index contributed by atoms with van der Waals surface area (Å²) >= 11 is 0. The number of benzene rings is 1. The van der Waals surface area contributed by atoms with Gasteiger partial charge in [-0.3, -0.25) is 14.7 Å². The van der Waals surface area contributed by atoms with Crippen molar-refractivity contribution in [3.8, 4) is 17.2 Å². The zero-order valence-electron chi connectivity index (χ0n) is 17.8. The molecule has 2 aliphatic rings. The molecule has 30 heavy (non-hydrogen) atoms. The fourth-order valence-corrected chi connectivity index (χ4v) is 4.17. The van der Waals surface area contributed by atoms with E-state index < -0.39 is 0 Å². The molecular weight excluding hydrogens is 384 g/mol. The fraction of sp³-hybridized carbons (Fsp3) is 0.500. The monoisotopic (exact) mass is 412 g/mol. The number of aromatic nitrogens is 2. The Labute approximate surface area is 175 Å². The number of hydrogen-bond donors (Lipinski definition) is 1. The molecular formula is C22H28N4O4. The van der Waals surface area contributed by atoms with Crippen LogP contribution in [0.4, 0.5) is 0 Å². The molecule has 8 nitrogen and oxygen atoms in total. The van der Waals surface area contributed by atoms with E-state index in [4.69, 9.17) is 19.2 Å². The van der Waals surface area contributed by atoms with E-state index >= 15 is 0 Å². The van der Waals surface area contributed by atoms with Gasteiger partial charge in [0.15, 0.2) is 17.3 Å². The van der Waals surface area contributed by atoms with Crippen LogP contribution in [0.25, 0.3) is 0 Å². The van der Waals surface area contributed by atoms with Gasteiger partial charge in [-0.1, -0.05) is 6.07 Å². The SMILES string of the molecule is COc1ccc(CN2CCc3nc(C4=NCCCC4)[nH]c(=O)c3C2)c(OC)c1OC. The minimum absolute atomic E-state index is 0.0627. The molecule has 0 saturated heterocycles. The number of fused-ring (bicyclic) bond motifs is 1. The van der Waals surface area contributed by atoms with Gasteiger partial charge in [-0.15, -0.1) is 0 Å². The largest absolute Gasteiger partial charge is 0.493 e. The third-order valence-electron chi connectivity index (χ3n) is 5.73. The Morgan fingerprint density at radius 3 is 2.60 bits per heavy atom. The number of nitrogens with zero attached hydrogens (tertiary/aromatic N) is 3. The first kappa shape index (κ1) is 20.4. The van der Waals surface area contributed by atoms with Crippen LogP contribution >= 0.6 is 0 Å². The van der Waals surface area contributed by atoms with Crippen molar-refractivity contribution >= 4 is 5.71 Å². The zero-order chi connectivity index (χ0) is 21.1. The highest BCUT2D eigenvalue weighted by molar-refractivity contribution is 5.97. The summed E-state index contributed by atoms with van der Waals surface area (Å²) in [7, 11) is 4.82. The van der Waals surface area contributed by atoms with Gasteiger partial charge in [0.25, 0.3) is 5.56 Å². The standard InChI is InChI=1S/C22H28N4O4/c1-28-18-8-7-14(19(29-2)20(18)30-3)12-26-11-9-16-15(13-26)22(27)25-21(24-16)17-6-4-5-10-23-17/h7-8H,4-6,9-13H2,1-3H3,(H,24,25,27). The number of rotatable bonds is 6. The summed E-state index contributed by atoms with van der Waals surface area (Å²) in [6, 6.07) is 3.85. The normalized spacial score (nSPS) is 16.6.